The molecule has 0 spiro atoms. The Bertz CT molecular complexity index is 533. The topological polar surface area (TPSA) is 49.3 Å². The fourth-order valence-electron chi connectivity index (χ4n) is 1.35. The fraction of sp³-hybridized carbons (Fsp3) is 0.100. The van der Waals surface area contributed by atoms with Crippen LogP contribution in [0.4, 0.5) is 5.69 Å². The van der Waals surface area contributed by atoms with E-state index < -0.39 is 0 Å². The molecule has 1 aromatic heterocycles. The van der Waals surface area contributed by atoms with Crippen LogP contribution in [-0.4, -0.2) is 12.2 Å². The number of aromatic hydroxyl groups is 1. The Kier molecular flexibility index (Phi) is 2.13. The largest absolute Gasteiger partial charge is 0.498 e. The van der Waals surface area contributed by atoms with Gasteiger partial charge in [-0.15, -0.1) is 0 Å². The molecule has 0 aliphatic carbocycles. The molecule has 2 N–H and O–H groups in total. The van der Waals surface area contributed by atoms with Crippen molar-refractivity contribution in [1.82, 2.24) is 0 Å². The van der Waals surface area contributed by atoms with Crippen LogP contribution < -0.4 is 10.7 Å². The van der Waals surface area contributed by atoms with Crippen molar-refractivity contribution in [2.45, 2.75) is 0 Å². The number of fused-ring (bicyclic) bond motifs is 1. The van der Waals surface area contributed by atoms with E-state index in [0.29, 0.717) is 5.39 Å². The quantitative estimate of drug-likeness (QED) is 0.752. The van der Waals surface area contributed by atoms with Gasteiger partial charge in [0.2, 0.25) is 5.43 Å². The van der Waals surface area contributed by atoms with Gasteiger partial charge in [-0.1, -0.05) is 23.5 Å². The molecule has 2 rings (SSSR count). The van der Waals surface area contributed by atoms with Crippen LogP contribution in [-0.2, 0) is 0 Å². The molecule has 0 unspecified atom stereocenters. The van der Waals surface area contributed by atoms with Crippen LogP contribution in [0, 0.1) is 0 Å². The Morgan fingerprint density at radius 1 is 1.36 bits per heavy atom. The molecule has 0 radical (unpaired) electrons. The van der Waals surface area contributed by atoms with Gasteiger partial charge in [-0.3, -0.25) is 4.79 Å². The first-order valence-corrected chi connectivity index (χ1v) is 4.98. The molecule has 2 aromatic rings. The number of hydrogen-bond acceptors (Lipinski definition) is 4. The third kappa shape index (κ3) is 1.24. The summed E-state index contributed by atoms with van der Waals surface area (Å²) in [5.74, 6) is 0. The van der Waals surface area contributed by atoms with Gasteiger partial charge in [0, 0.05) is 17.1 Å². The van der Waals surface area contributed by atoms with Gasteiger partial charge in [0.25, 0.3) is 0 Å². The van der Waals surface area contributed by atoms with Crippen molar-refractivity contribution in [2.24, 2.45) is 0 Å². The standard InChI is InChI=1S/C10H9NO2S/c1-11-8-9(12)6-4-2-3-5-7(6)14-10(8)13/h2-5,11,13H,1H3. The van der Waals surface area contributed by atoms with Crippen LogP contribution in [0.25, 0.3) is 10.1 Å². The van der Waals surface area contributed by atoms with Gasteiger partial charge in [0.1, 0.15) is 5.69 Å². The maximum Gasteiger partial charge on any atom is 0.214 e. The highest BCUT2D eigenvalue weighted by Crippen LogP contribution is 2.30. The SMILES string of the molecule is CNc1c(O)sc2ccccc2c1=O. The van der Waals surface area contributed by atoms with Gasteiger partial charge in [-0.25, -0.2) is 0 Å². The minimum absolute atomic E-state index is 0.0381. The second-order valence-electron chi connectivity index (χ2n) is 2.86. The highest BCUT2D eigenvalue weighted by Gasteiger charge is 2.09. The Balaban J connectivity index is 2.93. The number of nitrogens with one attached hydrogen (secondary N) is 1. The lowest BCUT2D eigenvalue weighted by Gasteiger charge is -2.03. The summed E-state index contributed by atoms with van der Waals surface area (Å²) in [6, 6.07) is 7.23. The minimum atomic E-state index is -0.153. The van der Waals surface area contributed by atoms with E-state index in [1.165, 1.54) is 11.3 Å². The van der Waals surface area contributed by atoms with Gasteiger partial charge >= 0.3 is 0 Å². The number of benzene rings is 1. The number of hydrogen-bond donors (Lipinski definition) is 2. The highest BCUT2D eigenvalue weighted by atomic mass is 32.1. The molecule has 72 valence electrons. The van der Waals surface area contributed by atoms with Crippen LogP contribution in [0.1, 0.15) is 0 Å². The zero-order valence-electron chi connectivity index (χ0n) is 7.57. The fourth-order valence-corrected chi connectivity index (χ4v) is 2.27. The van der Waals surface area contributed by atoms with E-state index in [1.54, 1.807) is 13.1 Å². The molecule has 0 amide bonds. The summed E-state index contributed by atoms with van der Waals surface area (Å²) in [6.07, 6.45) is 0. The summed E-state index contributed by atoms with van der Waals surface area (Å²) in [6.45, 7) is 0. The normalized spacial score (nSPS) is 10.4. The van der Waals surface area contributed by atoms with Crippen molar-refractivity contribution in [1.29, 1.82) is 0 Å². The molecule has 3 nitrogen and oxygen atoms in total. The van der Waals surface area contributed by atoms with Crippen molar-refractivity contribution in [3.8, 4) is 5.06 Å². The molecule has 0 aliphatic heterocycles. The van der Waals surface area contributed by atoms with Crippen LogP contribution >= 0.6 is 11.3 Å². The van der Waals surface area contributed by atoms with E-state index in [1.807, 2.05) is 18.2 Å². The molecular formula is C10H9NO2S. The predicted molar refractivity (Wildman–Crippen MR) is 59.3 cm³/mol. The van der Waals surface area contributed by atoms with Gasteiger partial charge in [0.15, 0.2) is 5.06 Å². The van der Waals surface area contributed by atoms with Crippen molar-refractivity contribution in [2.75, 3.05) is 12.4 Å². The lowest BCUT2D eigenvalue weighted by molar-refractivity contribution is 0.492. The van der Waals surface area contributed by atoms with E-state index in [2.05, 4.69) is 5.32 Å². The third-order valence-corrected chi connectivity index (χ3v) is 3.00. The van der Waals surface area contributed by atoms with Crippen LogP contribution in [0.5, 0.6) is 5.06 Å². The number of anilines is 1. The molecule has 1 heterocycles. The summed E-state index contributed by atoms with van der Waals surface area (Å²) in [5.41, 5.74) is 0.119. The van der Waals surface area contributed by atoms with Gasteiger partial charge in [-0.2, -0.15) is 0 Å². The Morgan fingerprint density at radius 3 is 2.79 bits per heavy atom. The van der Waals surface area contributed by atoms with E-state index in [9.17, 15) is 9.90 Å². The Hall–Kier alpha value is -1.55. The molecule has 1 aromatic carbocycles. The van der Waals surface area contributed by atoms with Crippen LogP contribution in [0.15, 0.2) is 29.1 Å². The lowest BCUT2D eigenvalue weighted by atomic mass is 10.2. The second-order valence-corrected chi connectivity index (χ2v) is 3.89. The molecule has 0 fully saturated rings. The first kappa shape index (κ1) is 9.02. The zero-order chi connectivity index (χ0) is 10.1. The average molecular weight is 207 g/mol. The molecular weight excluding hydrogens is 198 g/mol. The maximum atomic E-state index is 11.8. The minimum Gasteiger partial charge on any atom is -0.498 e. The van der Waals surface area contributed by atoms with Crippen LogP contribution in [0.3, 0.4) is 0 Å². The third-order valence-electron chi connectivity index (χ3n) is 2.03. The molecule has 0 saturated heterocycles. The van der Waals surface area contributed by atoms with E-state index in [-0.39, 0.29) is 16.2 Å². The van der Waals surface area contributed by atoms with E-state index >= 15 is 0 Å². The average Bonchev–Trinajstić information content (AvgIpc) is 2.18. The molecule has 14 heavy (non-hydrogen) atoms. The summed E-state index contributed by atoms with van der Waals surface area (Å²) in [4.78, 5) is 11.8. The first-order chi connectivity index (χ1) is 6.74. The summed E-state index contributed by atoms with van der Waals surface area (Å²) in [5, 5.41) is 12.9. The van der Waals surface area contributed by atoms with Crippen molar-refractivity contribution in [3.05, 3.63) is 34.5 Å². The molecule has 0 aliphatic rings. The summed E-state index contributed by atoms with van der Waals surface area (Å²) < 4.78 is 0.800. The van der Waals surface area contributed by atoms with Crippen molar-refractivity contribution < 1.29 is 5.11 Å². The highest BCUT2D eigenvalue weighted by molar-refractivity contribution is 7.20. The van der Waals surface area contributed by atoms with Gasteiger partial charge in [-0.05, 0) is 12.1 Å². The number of rotatable bonds is 1. The van der Waals surface area contributed by atoms with Gasteiger partial charge in [0.05, 0.1) is 0 Å². The monoisotopic (exact) mass is 207 g/mol. The van der Waals surface area contributed by atoms with E-state index in [4.69, 9.17) is 0 Å². The second kappa shape index (κ2) is 3.31. The Morgan fingerprint density at radius 2 is 2.07 bits per heavy atom. The predicted octanol–water partition coefficient (Wildman–Crippen LogP) is 2.01. The smallest absolute Gasteiger partial charge is 0.214 e. The lowest BCUT2D eigenvalue weighted by Crippen LogP contribution is -2.07. The molecule has 4 heteroatoms. The summed E-state index contributed by atoms with van der Waals surface area (Å²) >= 11 is 1.20. The zero-order valence-corrected chi connectivity index (χ0v) is 8.39. The van der Waals surface area contributed by atoms with Crippen molar-refractivity contribution in [3.63, 3.8) is 0 Å². The molecule has 0 saturated carbocycles. The van der Waals surface area contributed by atoms with Crippen LogP contribution in [0.2, 0.25) is 0 Å². The summed E-state index contributed by atoms with van der Waals surface area (Å²) in [7, 11) is 1.62. The molecule has 0 atom stereocenters. The maximum absolute atomic E-state index is 11.8. The first-order valence-electron chi connectivity index (χ1n) is 4.16. The van der Waals surface area contributed by atoms with Gasteiger partial charge < -0.3 is 10.4 Å². The molecule has 0 bridgehead atoms. The Labute approximate surface area is 84.6 Å². The van der Waals surface area contributed by atoms with E-state index in [0.717, 1.165) is 4.70 Å². The van der Waals surface area contributed by atoms with Crippen molar-refractivity contribution >= 4 is 27.1 Å².